The van der Waals surface area contributed by atoms with E-state index in [-0.39, 0.29) is 11.7 Å². The van der Waals surface area contributed by atoms with Crippen molar-refractivity contribution in [3.63, 3.8) is 0 Å². The SMILES string of the molecule is N[C@@H](c1cc(I)ccc1F)[C@H](O)C1CCCC1. The highest BCUT2D eigenvalue weighted by atomic mass is 127. The van der Waals surface area contributed by atoms with Crippen LogP contribution in [0.3, 0.4) is 0 Å². The molecule has 0 aromatic heterocycles. The highest BCUT2D eigenvalue weighted by molar-refractivity contribution is 14.1. The first kappa shape index (κ1) is 13.2. The van der Waals surface area contributed by atoms with E-state index >= 15 is 0 Å². The molecule has 2 nitrogen and oxygen atoms in total. The summed E-state index contributed by atoms with van der Waals surface area (Å²) in [5, 5.41) is 10.2. The molecule has 0 radical (unpaired) electrons. The molecule has 94 valence electrons. The van der Waals surface area contributed by atoms with Crippen molar-refractivity contribution in [1.82, 2.24) is 0 Å². The second-order valence-electron chi connectivity index (χ2n) is 4.73. The molecule has 2 rings (SSSR count). The van der Waals surface area contributed by atoms with E-state index in [2.05, 4.69) is 22.6 Å². The van der Waals surface area contributed by atoms with Crippen LogP contribution in [0.15, 0.2) is 18.2 Å². The first-order chi connectivity index (χ1) is 8.09. The molecule has 2 atom stereocenters. The zero-order valence-electron chi connectivity index (χ0n) is 9.57. The molecule has 17 heavy (non-hydrogen) atoms. The van der Waals surface area contributed by atoms with Gasteiger partial charge in [-0.05, 0) is 59.5 Å². The summed E-state index contributed by atoms with van der Waals surface area (Å²) in [6, 6.07) is 4.22. The molecule has 1 fully saturated rings. The van der Waals surface area contributed by atoms with Gasteiger partial charge in [-0.2, -0.15) is 0 Å². The minimum atomic E-state index is -0.634. The lowest BCUT2D eigenvalue weighted by Crippen LogP contribution is -2.32. The van der Waals surface area contributed by atoms with Crippen LogP contribution in [0.1, 0.15) is 37.3 Å². The molecule has 4 heteroatoms. The van der Waals surface area contributed by atoms with Gasteiger partial charge in [0.15, 0.2) is 0 Å². The smallest absolute Gasteiger partial charge is 0.128 e. The van der Waals surface area contributed by atoms with E-state index in [0.717, 1.165) is 29.3 Å². The van der Waals surface area contributed by atoms with E-state index in [1.807, 2.05) is 0 Å². The fourth-order valence-corrected chi connectivity index (χ4v) is 3.06. The topological polar surface area (TPSA) is 46.2 Å². The number of hydrogen-bond donors (Lipinski definition) is 2. The minimum absolute atomic E-state index is 0.224. The number of nitrogens with two attached hydrogens (primary N) is 1. The van der Waals surface area contributed by atoms with Crippen LogP contribution in [0, 0.1) is 15.3 Å². The second kappa shape index (κ2) is 5.63. The van der Waals surface area contributed by atoms with Gasteiger partial charge in [0.2, 0.25) is 0 Å². The Morgan fingerprint density at radius 3 is 2.65 bits per heavy atom. The van der Waals surface area contributed by atoms with Crippen LogP contribution in [0.25, 0.3) is 0 Å². The van der Waals surface area contributed by atoms with Gasteiger partial charge < -0.3 is 10.8 Å². The zero-order chi connectivity index (χ0) is 12.4. The quantitative estimate of drug-likeness (QED) is 0.825. The Bertz CT molecular complexity index is 393. The van der Waals surface area contributed by atoms with Crippen molar-refractivity contribution in [2.75, 3.05) is 0 Å². The van der Waals surface area contributed by atoms with Gasteiger partial charge in [-0.3, -0.25) is 0 Å². The molecule has 0 heterocycles. The van der Waals surface area contributed by atoms with Crippen molar-refractivity contribution in [3.05, 3.63) is 33.1 Å². The van der Waals surface area contributed by atoms with Crippen LogP contribution in [0.2, 0.25) is 0 Å². The third-order valence-electron chi connectivity index (χ3n) is 3.57. The van der Waals surface area contributed by atoms with Gasteiger partial charge in [0, 0.05) is 9.13 Å². The number of aliphatic hydroxyl groups is 1. The van der Waals surface area contributed by atoms with Crippen LogP contribution in [-0.4, -0.2) is 11.2 Å². The van der Waals surface area contributed by atoms with Crippen molar-refractivity contribution < 1.29 is 9.50 Å². The van der Waals surface area contributed by atoms with E-state index < -0.39 is 12.1 Å². The summed E-state index contributed by atoms with van der Waals surface area (Å²) in [5.74, 6) is -0.0998. The van der Waals surface area contributed by atoms with E-state index in [0.29, 0.717) is 5.56 Å². The maximum absolute atomic E-state index is 13.7. The molecule has 0 spiro atoms. The lowest BCUT2D eigenvalue weighted by molar-refractivity contribution is 0.0832. The van der Waals surface area contributed by atoms with E-state index in [1.165, 1.54) is 6.07 Å². The summed E-state index contributed by atoms with van der Waals surface area (Å²) < 4.78 is 14.6. The van der Waals surface area contributed by atoms with Crippen molar-refractivity contribution in [2.24, 2.45) is 11.7 Å². The summed E-state index contributed by atoms with van der Waals surface area (Å²) in [7, 11) is 0. The molecular formula is C13H17FINO. The van der Waals surface area contributed by atoms with Gasteiger partial charge in [-0.1, -0.05) is 12.8 Å². The third-order valence-corrected chi connectivity index (χ3v) is 4.24. The molecule has 0 amide bonds. The summed E-state index contributed by atoms with van der Waals surface area (Å²) >= 11 is 2.12. The number of aliphatic hydroxyl groups excluding tert-OH is 1. The van der Waals surface area contributed by atoms with E-state index in [4.69, 9.17) is 5.73 Å². The Hall–Kier alpha value is -0.200. The van der Waals surface area contributed by atoms with Crippen LogP contribution in [0.4, 0.5) is 4.39 Å². The summed E-state index contributed by atoms with van der Waals surface area (Å²) in [6.45, 7) is 0. The van der Waals surface area contributed by atoms with Crippen molar-refractivity contribution in [2.45, 2.75) is 37.8 Å². The fourth-order valence-electron chi connectivity index (χ4n) is 2.55. The average molecular weight is 349 g/mol. The first-order valence-corrected chi connectivity index (χ1v) is 7.06. The fraction of sp³-hybridized carbons (Fsp3) is 0.538. The molecule has 0 bridgehead atoms. The highest BCUT2D eigenvalue weighted by Crippen LogP contribution is 2.33. The predicted octanol–water partition coefficient (Wildman–Crippen LogP) is 2.98. The van der Waals surface area contributed by atoms with Crippen molar-refractivity contribution in [3.8, 4) is 0 Å². The molecule has 0 unspecified atom stereocenters. The minimum Gasteiger partial charge on any atom is -0.391 e. The van der Waals surface area contributed by atoms with Gasteiger partial charge in [0.1, 0.15) is 5.82 Å². The van der Waals surface area contributed by atoms with Crippen LogP contribution < -0.4 is 5.73 Å². The summed E-state index contributed by atoms with van der Waals surface area (Å²) in [6.07, 6.45) is 3.65. The zero-order valence-corrected chi connectivity index (χ0v) is 11.7. The van der Waals surface area contributed by atoms with Gasteiger partial charge in [-0.25, -0.2) is 4.39 Å². The Morgan fingerprint density at radius 1 is 1.35 bits per heavy atom. The van der Waals surface area contributed by atoms with Gasteiger partial charge in [-0.15, -0.1) is 0 Å². The molecule has 1 aliphatic rings. The number of hydrogen-bond acceptors (Lipinski definition) is 2. The van der Waals surface area contributed by atoms with Crippen LogP contribution in [0.5, 0.6) is 0 Å². The lowest BCUT2D eigenvalue weighted by atomic mass is 9.91. The average Bonchev–Trinajstić information content (AvgIpc) is 2.84. The number of benzene rings is 1. The molecule has 1 aliphatic carbocycles. The lowest BCUT2D eigenvalue weighted by Gasteiger charge is -2.25. The summed E-state index contributed by atoms with van der Waals surface area (Å²) in [5.41, 5.74) is 6.42. The molecule has 3 N–H and O–H groups in total. The first-order valence-electron chi connectivity index (χ1n) is 5.98. The maximum Gasteiger partial charge on any atom is 0.128 e. The molecule has 1 aromatic carbocycles. The predicted molar refractivity (Wildman–Crippen MR) is 74.0 cm³/mol. The Balaban J connectivity index is 2.17. The van der Waals surface area contributed by atoms with Crippen LogP contribution >= 0.6 is 22.6 Å². The maximum atomic E-state index is 13.7. The summed E-state index contributed by atoms with van der Waals surface area (Å²) in [4.78, 5) is 0. The van der Waals surface area contributed by atoms with Gasteiger partial charge >= 0.3 is 0 Å². The normalized spacial score (nSPS) is 20.5. The van der Waals surface area contributed by atoms with Gasteiger partial charge in [0.05, 0.1) is 12.1 Å². The molecular weight excluding hydrogens is 332 g/mol. The number of halogens is 2. The molecule has 1 saturated carbocycles. The van der Waals surface area contributed by atoms with Crippen LogP contribution in [-0.2, 0) is 0 Å². The monoisotopic (exact) mass is 349 g/mol. The highest BCUT2D eigenvalue weighted by Gasteiger charge is 2.30. The van der Waals surface area contributed by atoms with E-state index in [1.54, 1.807) is 12.1 Å². The largest absolute Gasteiger partial charge is 0.391 e. The van der Waals surface area contributed by atoms with Gasteiger partial charge in [0.25, 0.3) is 0 Å². The Labute approximate surface area is 115 Å². The second-order valence-corrected chi connectivity index (χ2v) is 5.97. The van der Waals surface area contributed by atoms with E-state index in [9.17, 15) is 9.50 Å². The third kappa shape index (κ3) is 2.98. The van der Waals surface area contributed by atoms with Crippen molar-refractivity contribution >= 4 is 22.6 Å². The molecule has 1 aromatic rings. The Kier molecular flexibility index (Phi) is 4.38. The standard InChI is InChI=1S/C13H17FINO/c14-11-6-5-9(15)7-10(11)12(16)13(17)8-3-1-2-4-8/h5-8,12-13,17H,1-4,16H2/t12-,13+/m0/s1. The Morgan fingerprint density at radius 2 is 2.00 bits per heavy atom. The number of rotatable bonds is 3. The molecule has 0 aliphatic heterocycles. The molecule has 0 saturated heterocycles. The van der Waals surface area contributed by atoms with Crippen molar-refractivity contribution in [1.29, 1.82) is 0 Å².